The van der Waals surface area contributed by atoms with Crippen LogP contribution in [0, 0.1) is 0 Å². The molecular formula is C11H13N3O2S. The third-order valence-corrected chi connectivity index (χ3v) is 3.53. The van der Waals surface area contributed by atoms with E-state index in [1.807, 2.05) is 11.4 Å². The van der Waals surface area contributed by atoms with E-state index in [0.717, 1.165) is 11.3 Å². The second-order valence-corrected chi connectivity index (χ2v) is 4.67. The van der Waals surface area contributed by atoms with Gasteiger partial charge in [0.15, 0.2) is 0 Å². The molecule has 17 heavy (non-hydrogen) atoms. The van der Waals surface area contributed by atoms with Crippen LogP contribution in [0.1, 0.15) is 17.4 Å². The lowest BCUT2D eigenvalue weighted by Gasteiger charge is -2.08. The van der Waals surface area contributed by atoms with E-state index in [4.69, 9.17) is 5.73 Å². The van der Waals surface area contributed by atoms with Crippen molar-refractivity contribution in [2.75, 3.05) is 5.73 Å². The SMILES string of the molecule is CCc1ccsc1Cn1c(N)cc(=O)[nH]c1=O. The minimum Gasteiger partial charge on any atom is -0.385 e. The Labute approximate surface area is 102 Å². The van der Waals surface area contributed by atoms with Crippen molar-refractivity contribution >= 4 is 17.2 Å². The molecule has 3 N–H and O–H groups in total. The molecule has 0 aliphatic rings. The molecule has 2 rings (SSSR count). The number of aryl methyl sites for hydroxylation is 1. The van der Waals surface area contributed by atoms with E-state index in [9.17, 15) is 9.59 Å². The van der Waals surface area contributed by atoms with Crippen LogP contribution in [-0.4, -0.2) is 9.55 Å². The van der Waals surface area contributed by atoms with E-state index in [1.165, 1.54) is 16.2 Å². The summed E-state index contributed by atoms with van der Waals surface area (Å²) in [4.78, 5) is 26.0. The van der Waals surface area contributed by atoms with E-state index in [1.54, 1.807) is 11.3 Å². The Morgan fingerprint density at radius 3 is 2.88 bits per heavy atom. The number of nitrogens with zero attached hydrogens (tertiary/aromatic N) is 1. The van der Waals surface area contributed by atoms with Crippen molar-refractivity contribution in [3.8, 4) is 0 Å². The summed E-state index contributed by atoms with van der Waals surface area (Å²) >= 11 is 1.58. The van der Waals surface area contributed by atoms with Gasteiger partial charge < -0.3 is 5.73 Å². The molecule has 0 unspecified atom stereocenters. The smallest absolute Gasteiger partial charge is 0.330 e. The quantitative estimate of drug-likeness (QED) is 0.846. The topological polar surface area (TPSA) is 80.9 Å². The van der Waals surface area contributed by atoms with Crippen molar-refractivity contribution in [3.63, 3.8) is 0 Å². The molecule has 6 heteroatoms. The largest absolute Gasteiger partial charge is 0.385 e. The maximum Gasteiger partial charge on any atom is 0.330 e. The Morgan fingerprint density at radius 2 is 2.24 bits per heavy atom. The van der Waals surface area contributed by atoms with Gasteiger partial charge in [0.2, 0.25) is 0 Å². The molecule has 0 aromatic carbocycles. The summed E-state index contributed by atoms with van der Waals surface area (Å²) in [5, 5.41) is 1.99. The average Bonchev–Trinajstić information content (AvgIpc) is 2.70. The van der Waals surface area contributed by atoms with Crippen molar-refractivity contribution in [1.82, 2.24) is 9.55 Å². The molecule has 0 amide bonds. The molecule has 0 aliphatic carbocycles. The number of aromatic nitrogens is 2. The number of hydrogen-bond donors (Lipinski definition) is 2. The first-order valence-corrected chi connectivity index (χ1v) is 6.14. The molecule has 2 aromatic rings. The monoisotopic (exact) mass is 251 g/mol. The highest BCUT2D eigenvalue weighted by Crippen LogP contribution is 2.18. The normalized spacial score (nSPS) is 10.6. The number of thiophene rings is 1. The highest BCUT2D eigenvalue weighted by atomic mass is 32.1. The number of rotatable bonds is 3. The molecule has 0 bridgehead atoms. The van der Waals surface area contributed by atoms with Crippen LogP contribution < -0.4 is 17.0 Å². The summed E-state index contributed by atoms with van der Waals surface area (Å²) < 4.78 is 1.37. The first-order valence-electron chi connectivity index (χ1n) is 5.26. The zero-order valence-electron chi connectivity index (χ0n) is 9.40. The third kappa shape index (κ3) is 2.31. The van der Waals surface area contributed by atoms with Crippen molar-refractivity contribution < 1.29 is 0 Å². The van der Waals surface area contributed by atoms with E-state index >= 15 is 0 Å². The van der Waals surface area contributed by atoms with E-state index in [-0.39, 0.29) is 5.82 Å². The van der Waals surface area contributed by atoms with Gasteiger partial charge in [-0.25, -0.2) is 4.79 Å². The van der Waals surface area contributed by atoms with Gasteiger partial charge in [0.1, 0.15) is 5.82 Å². The van der Waals surface area contributed by atoms with Crippen LogP contribution >= 0.6 is 11.3 Å². The molecule has 0 saturated heterocycles. The number of nitrogens with one attached hydrogen (secondary N) is 1. The molecular weight excluding hydrogens is 238 g/mol. The predicted octanol–water partition coefficient (Wildman–Crippen LogP) is 0.791. The van der Waals surface area contributed by atoms with Crippen LogP contribution in [0.25, 0.3) is 0 Å². The second-order valence-electron chi connectivity index (χ2n) is 3.67. The summed E-state index contributed by atoms with van der Waals surface area (Å²) in [7, 11) is 0. The van der Waals surface area contributed by atoms with Gasteiger partial charge in [-0.3, -0.25) is 14.3 Å². The predicted molar refractivity (Wildman–Crippen MR) is 68.5 cm³/mol. The average molecular weight is 251 g/mol. The summed E-state index contributed by atoms with van der Waals surface area (Å²) in [6, 6.07) is 3.26. The van der Waals surface area contributed by atoms with E-state index in [0.29, 0.717) is 6.54 Å². The minimum atomic E-state index is -0.467. The summed E-state index contributed by atoms with van der Waals surface area (Å²) in [5.41, 5.74) is 5.95. The Bertz CT molecular complexity index is 639. The minimum absolute atomic E-state index is 0.189. The molecule has 0 fully saturated rings. The molecule has 0 saturated carbocycles. The van der Waals surface area contributed by atoms with Gasteiger partial charge in [0, 0.05) is 10.9 Å². The van der Waals surface area contributed by atoms with Crippen LogP contribution in [-0.2, 0) is 13.0 Å². The van der Waals surface area contributed by atoms with Crippen molar-refractivity contribution in [2.45, 2.75) is 19.9 Å². The van der Waals surface area contributed by atoms with Gasteiger partial charge in [-0.2, -0.15) is 0 Å². The zero-order valence-corrected chi connectivity index (χ0v) is 10.2. The molecule has 2 aromatic heterocycles. The molecule has 0 spiro atoms. The van der Waals surface area contributed by atoms with E-state index < -0.39 is 11.2 Å². The maximum atomic E-state index is 11.6. The standard InChI is InChI=1S/C11H13N3O2S/c1-2-7-3-4-17-8(7)6-14-9(12)5-10(15)13-11(14)16/h3-5H,2,6,12H2,1H3,(H,13,15,16). The molecule has 0 radical (unpaired) electrons. The Morgan fingerprint density at radius 1 is 1.47 bits per heavy atom. The molecule has 0 atom stereocenters. The highest BCUT2D eigenvalue weighted by Gasteiger charge is 2.07. The van der Waals surface area contributed by atoms with Crippen molar-refractivity contribution in [2.24, 2.45) is 0 Å². The molecule has 90 valence electrons. The van der Waals surface area contributed by atoms with Gasteiger partial charge in [-0.15, -0.1) is 11.3 Å². The Kier molecular flexibility index (Phi) is 3.14. The van der Waals surface area contributed by atoms with Gasteiger partial charge in [-0.05, 0) is 23.4 Å². The number of hydrogen-bond acceptors (Lipinski definition) is 4. The molecule has 2 heterocycles. The Balaban J connectivity index is 2.43. The first kappa shape index (κ1) is 11.7. The maximum absolute atomic E-state index is 11.6. The summed E-state index contributed by atoms with van der Waals surface area (Å²) in [6.45, 7) is 2.47. The molecule has 0 aliphatic heterocycles. The fourth-order valence-electron chi connectivity index (χ4n) is 1.67. The van der Waals surface area contributed by atoms with Crippen LogP contribution in [0.4, 0.5) is 5.82 Å². The van der Waals surface area contributed by atoms with Gasteiger partial charge in [0.25, 0.3) is 5.56 Å². The van der Waals surface area contributed by atoms with Crippen LogP contribution in [0.2, 0.25) is 0 Å². The second kappa shape index (κ2) is 4.58. The van der Waals surface area contributed by atoms with Crippen molar-refractivity contribution in [3.05, 3.63) is 48.8 Å². The number of H-pyrrole nitrogens is 1. The number of aromatic amines is 1. The summed E-state index contributed by atoms with van der Waals surface area (Å²) in [6.07, 6.45) is 0.914. The fourth-order valence-corrected chi connectivity index (χ4v) is 2.63. The van der Waals surface area contributed by atoms with E-state index in [2.05, 4.69) is 11.9 Å². The Hall–Kier alpha value is -1.82. The van der Waals surface area contributed by atoms with Crippen molar-refractivity contribution in [1.29, 1.82) is 0 Å². The van der Waals surface area contributed by atoms with Crippen LogP contribution in [0.3, 0.4) is 0 Å². The summed E-state index contributed by atoms with van der Waals surface area (Å²) in [5.74, 6) is 0.189. The number of anilines is 1. The number of nitrogens with two attached hydrogens (primary N) is 1. The number of nitrogen functional groups attached to an aromatic ring is 1. The van der Waals surface area contributed by atoms with Crippen LogP contribution in [0.5, 0.6) is 0 Å². The van der Waals surface area contributed by atoms with Crippen LogP contribution in [0.15, 0.2) is 27.1 Å². The lowest BCUT2D eigenvalue weighted by atomic mass is 10.2. The fraction of sp³-hybridized carbons (Fsp3) is 0.273. The third-order valence-electron chi connectivity index (χ3n) is 2.59. The lowest BCUT2D eigenvalue weighted by Crippen LogP contribution is -2.31. The van der Waals surface area contributed by atoms with Gasteiger partial charge in [0.05, 0.1) is 6.54 Å². The molecule has 5 nitrogen and oxygen atoms in total. The van der Waals surface area contributed by atoms with Gasteiger partial charge in [-0.1, -0.05) is 6.92 Å². The van der Waals surface area contributed by atoms with Gasteiger partial charge >= 0.3 is 5.69 Å². The highest BCUT2D eigenvalue weighted by molar-refractivity contribution is 7.10. The lowest BCUT2D eigenvalue weighted by molar-refractivity contribution is 0.736. The zero-order chi connectivity index (χ0) is 12.4. The first-order chi connectivity index (χ1) is 8.11.